The zero-order valence-electron chi connectivity index (χ0n) is 14.3. The van der Waals surface area contributed by atoms with E-state index in [-0.39, 0.29) is 11.5 Å². The summed E-state index contributed by atoms with van der Waals surface area (Å²) < 4.78 is 0. The summed E-state index contributed by atoms with van der Waals surface area (Å²) in [7, 11) is 0. The fourth-order valence-corrected chi connectivity index (χ4v) is 3.58. The van der Waals surface area contributed by atoms with Crippen molar-refractivity contribution in [2.45, 2.75) is 9.79 Å². The van der Waals surface area contributed by atoms with Gasteiger partial charge in [-0.15, -0.1) is 0 Å². The highest BCUT2D eigenvalue weighted by molar-refractivity contribution is 7.99. The minimum atomic E-state index is -0.397. The highest BCUT2D eigenvalue weighted by Crippen LogP contribution is 2.28. The molecule has 4 nitrogen and oxygen atoms in total. The van der Waals surface area contributed by atoms with Crippen molar-refractivity contribution >= 4 is 35.3 Å². The van der Waals surface area contributed by atoms with Crippen molar-refractivity contribution in [3.8, 4) is 0 Å². The molecule has 0 aromatic heterocycles. The smallest absolute Gasteiger partial charge is 0.267 e. The van der Waals surface area contributed by atoms with Gasteiger partial charge in [0.05, 0.1) is 5.69 Å². The molecule has 1 heterocycles. The number of hydrogen-bond acceptors (Lipinski definition) is 3. The van der Waals surface area contributed by atoms with Crippen LogP contribution in [0.1, 0.15) is 5.56 Å². The molecule has 5 heteroatoms. The average molecular weight is 372 g/mol. The maximum Gasteiger partial charge on any atom is 0.282 e. The molecule has 1 aliphatic rings. The second-order valence-electron chi connectivity index (χ2n) is 5.96. The summed E-state index contributed by atoms with van der Waals surface area (Å²) in [5.41, 5.74) is 4.17. The molecule has 0 bridgehead atoms. The molecule has 1 N–H and O–H groups in total. The van der Waals surface area contributed by atoms with Crippen LogP contribution in [0.2, 0.25) is 0 Å². The maximum absolute atomic E-state index is 12.6. The van der Waals surface area contributed by atoms with E-state index >= 15 is 0 Å². The monoisotopic (exact) mass is 372 g/mol. The van der Waals surface area contributed by atoms with Crippen molar-refractivity contribution in [3.63, 3.8) is 0 Å². The third kappa shape index (κ3) is 3.78. The molecule has 0 radical (unpaired) electrons. The molecule has 0 atom stereocenters. The van der Waals surface area contributed by atoms with E-state index < -0.39 is 5.91 Å². The van der Waals surface area contributed by atoms with Crippen LogP contribution < -0.4 is 10.4 Å². The van der Waals surface area contributed by atoms with Gasteiger partial charge in [0.1, 0.15) is 5.57 Å². The fraction of sp³-hybridized carbons (Fsp3) is 0. The number of carbonyl (C=O) groups excluding carboxylic acids is 2. The van der Waals surface area contributed by atoms with Gasteiger partial charge in [0, 0.05) is 9.79 Å². The fourth-order valence-electron chi connectivity index (χ4n) is 2.74. The lowest BCUT2D eigenvalue weighted by Gasteiger charge is -2.13. The number of nitrogens with zero attached hydrogens (tertiary/aromatic N) is 1. The molecule has 0 aliphatic carbocycles. The molecule has 0 spiro atoms. The van der Waals surface area contributed by atoms with Crippen molar-refractivity contribution in [1.29, 1.82) is 0 Å². The zero-order chi connectivity index (χ0) is 18.6. The Labute approximate surface area is 161 Å². The minimum Gasteiger partial charge on any atom is -0.267 e. The van der Waals surface area contributed by atoms with Crippen molar-refractivity contribution in [3.05, 3.63) is 96.1 Å². The van der Waals surface area contributed by atoms with Crippen molar-refractivity contribution in [2.24, 2.45) is 0 Å². The lowest BCUT2D eigenvalue weighted by molar-refractivity contribution is -0.117. The Kier molecular flexibility index (Phi) is 4.77. The number of rotatable bonds is 4. The van der Waals surface area contributed by atoms with Crippen LogP contribution in [-0.4, -0.2) is 11.8 Å². The van der Waals surface area contributed by atoms with Gasteiger partial charge in [-0.2, -0.15) is 0 Å². The molecule has 27 heavy (non-hydrogen) atoms. The predicted molar refractivity (Wildman–Crippen MR) is 107 cm³/mol. The molecule has 1 aliphatic heterocycles. The summed E-state index contributed by atoms with van der Waals surface area (Å²) in [6.07, 6.45) is 1.62. The normalized spacial score (nSPS) is 15.3. The van der Waals surface area contributed by atoms with Gasteiger partial charge in [-0.25, -0.2) is 5.01 Å². The Morgan fingerprint density at radius 1 is 0.741 bits per heavy atom. The molecule has 1 fully saturated rings. The number of nitrogens with one attached hydrogen (secondary N) is 1. The Balaban J connectivity index is 1.53. The van der Waals surface area contributed by atoms with Crippen molar-refractivity contribution in [2.75, 3.05) is 5.01 Å². The molecule has 1 saturated heterocycles. The van der Waals surface area contributed by atoms with Crippen LogP contribution in [0.5, 0.6) is 0 Å². The Morgan fingerprint density at radius 3 is 2.00 bits per heavy atom. The molecule has 0 unspecified atom stereocenters. The molecule has 0 saturated carbocycles. The van der Waals surface area contributed by atoms with Gasteiger partial charge in [0.25, 0.3) is 11.8 Å². The van der Waals surface area contributed by atoms with Gasteiger partial charge in [-0.1, -0.05) is 60.3 Å². The van der Waals surface area contributed by atoms with Crippen LogP contribution in [0.15, 0.2) is 100 Å². The Hall–Kier alpha value is -3.31. The van der Waals surface area contributed by atoms with Crippen LogP contribution in [0.3, 0.4) is 0 Å². The number of hydrazine groups is 1. The topological polar surface area (TPSA) is 49.4 Å². The van der Waals surface area contributed by atoms with Crippen LogP contribution in [0.25, 0.3) is 6.08 Å². The van der Waals surface area contributed by atoms with Crippen LogP contribution >= 0.6 is 11.8 Å². The van der Waals surface area contributed by atoms with Crippen molar-refractivity contribution < 1.29 is 9.59 Å². The number of para-hydroxylation sites is 1. The number of amides is 2. The molecule has 4 rings (SSSR count). The Morgan fingerprint density at radius 2 is 1.33 bits per heavy atom. The predicted octanol–water partition coefficient (Wildman–Crippen LogP) is 4.30. The summed E-state index contributed by atoms with van der Waals surface area (Å²) in [5.74, 6) is -0.750. The summed E-state index contributed by atoms with van der Waals surface area (Å²) in [6.45, 7) is 0. The van der Waals surface area contributed by atoms with E-state index in [2.05, 4.69) is 17.6 Å². The van der Waals surface area contributed by atoms with Gasteiger partial charge in [0.15, 0.2) is 0 Å². The van der Waals surface area contributed by atoms with Crippen LogP contribution in [0.4, 0.5) is 5.69 Å². The van der Waals surface area contributed by atoms with E-state index in [9.17, 15) is 9.59 Å². The summed E-state index contributed by atoms with van der Waals surface area (Å²) in [4.78, 5) is 27.1. The SMILES string of the molecule is O=C1NN(c2ccccc2)C(=O)/C1=C\c1ccc(Sc2ccccc2)cc1. The summed E-state index contributed by atoms with van der Waals surface area (Å²) in [5, 5.41) is 1.27. The van der Waals surface area contributed by atoms with E-state index in [1.807, 2.05) is 60.7 Å². The lowest BCUT2D eigenvalue weighted by Crippen LogP contribution is -2.35. The third-order valence-electron chi connectivity index (χ3n) is 4.08. The molecule has 2 amide bonds. The van der Waals surface area contributed by atoms with Gasteiger partial charge in [-0.05, 0) is 48.0 Å². The molecular weight excluding hydrogens is 356 g/mol. The molecular formula is C22H16N2O2S. The highest BCUT2D eigenvalue weighted by atomic mass is 32.2. The zero-order valence-corrected chi connectivity index (χ0v) is 15.1. The number of carbonyl (C=O) groups is 2. The number of hydrogen-bond donors (Lipinski definition) is 1. The maximum atomic E-state index is 12.6. The van der Waals surface area contributed by atoms with Crippen LogP contribution in [0, 0.1) is 0 Å². The summed E-state index contributed by atoms with van der Waals surface area (Å²) >= 11 is 1.66. The Bertz CT molecular complexity index is 1000. The third-order valence-corrected chi connectivity index (χ3v) is 5.09. The number of benzene rings is 3. The van der Waals surface area contributed by atoms with E-state index in [1.165, 1.54) is 5.01 Å². The largest absolute Gasteiger partial charge is 0.282 e. The van der Waals surface area contributed by atoms with Gasteiger partial charge in [0.2, 0.25) is 0 Å². The molecule has 132 valence electrons. The quantitative estimate of drug-likeness (QED) is 0.549. The van der Waals surface area contributed by atoms with E-state index in [0.717, 1.165) is 15.4 Å². The molecule has 3 aromatic carbocycles. The lowest BCUT2D eigenvalue weighted by atomic mass is 10.1. The van der Waals surface area contributed by atoms with E-state index in [4.69, 9.17) is 0 Å². The first-order valence-corrected chi connectivity index (χ1v) is 9.27. The van der Waals surface area contributed by atoms with Gasteiger partial charge < -0.3 is 0 Å². The molecule has 3 aromatic rings. The van der Waals surface area contributed by atoms with Crippen molar-refractivity contribution in [1.82, 2.24) is 5.43 Å². The van der Waals surface area contributed by atoms with E-state index in [0.29, 0.717) is 5.69 Å². The van der Waals surface area contributed by atoms with E-state index in [1.54, 1.807) is 30.0 Å². The summed E-state index contributed by atoms with van der Waals surface area (Å²) in [6, 6.07) is 26.9. The second-order valence-corrected chi connectivity index (χ2v) is 7.11. The number of anilines is 1. The first kappa shape index (κ1) is 17.1. The van der Waals surface area contributed by atoms with Gasteiger partial charge >= 0.3 is 0 Å². The van der Waals surface area contributed by atoms with Gasteiger partial charge in [-0.3, -0.25) is 15.0 Å². The second kappa shape index (κ2) is 7.51. The first-order valence-electron chi connectivity index (χ1n) is 8.46. The minimum absolute atomic E-state index is 0.127. The standard InChI is InChI=1S/C22H16N2O2S/c25-21-20(22(26)24(23-21)17-7-3-1-4-8-17)15-16-11-13-19(14-12-16)27-18-9-5-2-6-10-18/h1-15H,(H,23,25)/b20-15-. The first-order chi connectivity index (χ1) is 13.2. The average Bonchev–Trinajstić information content (AvgIpc) is 2.99. The highest BCUT2D eigenvalue weighted by Gasteiger charge is 2.34. The van der Waals surface area contributed by atoms with Crippen LogP contribution in [-0.2, 0) is 9.59 Å².